The quantitative estimate of drug-likeness (QED) is 0.623. The molecule has 74 valence electrons. The van der Waals surface area contributed by atoms with Gasteiger partial charge in [0.25, 0.3) is 0 Å². The van der Waals surface area contributed by atoms with E-state index in [1.807, 2.05) is 12.4 Å². The minimum Gasteiger partial charge on any atom is -0.343 e. The van der Waals surface area contributed by atoms with Gasteiger partial charge in [0, 0.05) is 24.4 Å². The van der Waals surface area contributed by atoms with Crippen molar-refractivity contribution in [2.24, 2.45) is 0 Å². The Kier molecular flexibility index (Phi) is 1.66. The van der Waals surface area contributed by atoms with Gasteiger partial charge in [-0.15, -0.1) is 0 Å². The zero-order chi connectivity index (χ0) is 9.60. The summed E-state index contributed by atoms with van der Waals surface area (Å²) in [6.45, 7) is 3.50. The Bertz CT molecular complexity index is 370. The number of hydrogen-bond acceptors (Lipinski definition) is 3. The van der Waals surface area contributed by atoms with Crippen LogP contribution in [0.4, 0.5) is 0 Å². The highest BCUT2D eigenvalue weighted by Gasteiger charge is 2.44. The van der Waals surface area contributed by atoms with Crippen molar-refractivity contribution in [3.63, 3.8) is 0 Å². The molecule has 1 saturated heterocycles. The van der Waals surface area contributed by atoms with E-state index in [4.69, 9.17) is 9.47 Å². The molecule has 1 spiro atoms. The SMILES string of the molecule is Cc1cncc2c1CCC21OCCO1. The molecule has 0 bridgehead atoms. The molecular weight excluding hydrogens is 178 g/mol. The van der Waals surface area contributed by atoms with Crippen LogP contribution in [0.2, 0.25) is 0 Å². The summed E-state index contributed by atoms with van der Waals surface area (Å²) < 4.78 is 11.4. The Hall–Kier alpha value is -0.930. The molecule has 0 saturated carbocycles. The first kappa shape index (κ1) is 8.38. The summed E-state index contributed by atoms with van der Waals surface area (Å²) in [5, 5.41) is 0. The van der Waals surface area contributed by atoms with E-state index in [0.717, 1.165) is 18.4 Å². The third kappa shape index (κ3) is 0.967. The predicted octanol–water partition coefficient (Wildman–Crippen LogP) is 1.54. The van der Waals surface area contributed by atoms with E-state index >= 15 is 0 Å². The number of pyridine rings is 1. The van der Waals surface area contributed by atoms with Crippen LogP contribution in [0.3, 0.4) is 0 Å². The topological polar surface area (TPSA) is 31.4 Å². The Balaban J connectivity index is 2.14. The van der Waals surface area contributed by atoms with E-state index in [2.05, 4.69) is 11.9 Å². The fourth-order valence-electron chi connectivity index (χ4n) is 2.43. The zero-order valence-corrected chi connectivity index (χ0v) is 8.25. The van der Waals surface area contributed by atoms with Gasteiger partial charge in [0.15, 0.2) is 5.79 Å². The highest BCUT2D eigenvalue weighted by molar-refractivity contribution is 5.38. The van der Waals surface area contributed by atoms with Crippen molar-refractivity contribution < 1.29 is 9.47 Å². The molecule has 1 fully saturated rings. The Morgan fingerprint density at radius 2 is 2.07 bits per heavy atom. The van der Waals surface area contributed by atoms with Crippen molar-refractivity contribution in [1.82, 2.24) is 4.98 Å². The molecule has 3 nitrogen and oxygen atoms in total. The van der Waals surface area contributed by atoms with Crippen LogP contribution < -0.4 is 0 Å². The van der Waals surface area contributed by atoms with E-state index in [0.29, 0.717) is 13.2 Å². The molecule has 2 aliphatic rings. The van der Waals surface area contributed by atoms with E-state index in [1.54, 1.807) is 0 Å². The van der Waals surface area contributed by atoms with Crippen LogP contribution in [-0.2, 0) is 21.7 Å². The zero-order valence-electron chi connectivity index (χ0n) is 8.25. The number of aromatic nitrogens is 1. The van der Waals surface area contributed by atoms with Gasteiger partial charge in [-0.25, -0.2) is 0 Å². The van der Waals surface area contributed by atoms with Gasteiger partial charge in [0.1, 0.15) is 0 Å². The highest BCUT2D eigenvalue weighted by Crippen LogP contribution is 2.43. The minimum absolute atomic E-state index is 0.450. The molecule has 0 amide bonds. The first-order valence-corrected chi connectivity index (χ1v) is 5.04. The molecule has 0 radical (unpaired) electrons. The molecule has 0 aromatic carbocycles. The summed E-state index contributed by atoms with van der Waals surface area (Å²) in [5.41, 5.74) is 3.76. The van der Waals surface area contributed by atoms with E-state index < -0.39 is 5.79 Å². The van der Waals surface area contributed by atoms with Gasteiger partial charge in [-0.2, -0.15) is 0 Å². The summed E-state index contributed by atoms with van der Waals surface area (Å²) in [7, 11) is 0. The highest BCUT2D eigenvalue weighted by atomic mass is 16.7. The van der Waals surface area contributed by atoms with Crippen molar-refractivity contribution in [2.75, 3.05) is 13.2 Å². The number of hydrogen-bond donors (Lipinski definition) is 0. The lowest BCUT2D eigenvalue weighted by Crippen LogP contribution is -2.23. The molecule has 1 aromatic rings. The van der Waals surface area contributed by atoms with Crippen molar-refractivity contribution in [2.45, 2.75) is 25.6 Å². The normalized spacial score (nSPS) is 22.9. The maximum atomic E-state index is 5.72. The molecule has 0 atom stereocenters. The molecule has 0 unspecified atom stereocenters. The molecule has 2 heterocycles. The van der Waals surface area contributed by atoms with Crippen LogP contribution in [0.1, 0.15) is 23.1 Å². The lowest BCUT2D eigenvalue weighted by atomic mass is 10.1. The number of nitrogens with zero attached hydrogens (tertiary/aromatic N) is 1. The Morgan fingerprint density at radius 1 is 1.29 bits per heavy atom. The lowest BCUT2D eigenvalue weighted by Gasteiger charge is -2.22. The van der Waals surface area contributed by atoms with Gasteiger partial charge in [0.2, 0.25) is 0 Å². The fraction of sp³-hybridized carbons (Fsp3) is 0.545. The maximum Gasteiger partial charge on any atom is 0.197 e. The van der Waals surface area contributed by atoms with E-state index in [-0.39, 0.29) is 0 Å². The molecule has 14 heavy (non-hydrogen) atoms. The smallest absolute Gasteiger partial charge is 0.197 e. The Morgan fingerprint density at radius 3 is 2.86 bits per heavy atom. The van der Waals surface area contributed by atoms with Gasteiger partial charge in [-0.3, -0.25) is 4.98 Å². The number of fused-ring (bicyclic) bond motifs is 2. The van der Waals surface area contributed by atoms with Crippen molar-refractivity contribution in [3.05, 3.63) is 29.1 Å². The molecule has 1 aliphatic carbocycles. The van der Waals surface area contributed by atoms with Crippen molar-refractivity contribution in [1.29, 1.82) is 0 Å². The average Bonchev–Trinajstić information content (AvgIpc) is 2.78. The number of rotatable bonds is 0. The molecule has 1 aromatic heterocycles. The summed E-state index contributed by atoms with van der Waals surface area (Å²) in [6.07, 6.45) is 5.78. The van der Waals surface area contributed by atoms with Crippen LogP contribution in [-0.4, -0.2) is 18.2 Å². The van der Waals surface area contributed by atoms with Gasteiger partial charge in [-0.1, -0.05) is 0 Å². The number of aryl methyl sites for hydroxylation is 1. The summed E-state index contributed by atoms with van der Waals surface area (Å²) >= 11 is 0. The molecule has 0 N–H and O–H groups in total. The summed E-state index contributed by atoms with van der Waals surface area (Å²) in [5.74, 6) is -0.450. The second kappa shape index (κ2) is 2.78. The average molecular weight is 191 g/mol. The summed E-state index contributed by atoms with van der Waals surface area (Å²) in [6, 6.07) is 0. The van der Waals surface area contributed by atoms with Gasteiger partial charge < -0.3 is 9.47 Å². The van der Waals surface area contributed by atoms with Crippen LogP contribution in [0.25, 0.3) is 0 Å². The van der Waals surface area contributed by atoms with Gasteiger partial charge in [-0.05, 0) is 24.5 Å². The largest absolute Gasteiger partial charge is 0.343 e. The van der Waals surface area contributed by atoms with Crippen molar-refractivity contribution in [3.8, 4) is 0 Å². The first-order chi connectivity index (χ1) is 6.82. The van der Waals surface area contributed by atoms with Crippen LogP contribution in [0.5, 0.6) is 0 Å². The first-order valence-electron chi connectivity index (χ1n) is 5.04. The van der Waals surface area contributed by atoms with Crippen LogP contribution in [0, 0.1) is 6.92 Å². The third-order valence-corrected chi connectivity index (χ3v) is 3.14. The lowest BCUT2D eigenvalue weighted by molar-refractivity contribution is -0.163. The molecule has 3 rings (SSSR count). The predicted molar refractivity (Wildman–Crippen MR) is 50.9 cm³/mol. The fourth-order valence-corrected chi connectivity index (χ4v) is 2.43. The number of ether oxygens (including phenoxy) is 2. The van der Waals surface area contributed by atoms with Gasteiger partial charge in [0.05, 0.1) is 13.2 Å². The molecule has 3 heteroatoms. The second-order valence-corrected chi connectivity index (χ2v) is 3.93. The van der Waals surface area contributed by atoms with Gasteiger partial charge >= 0.3 is 0 Å². The molecule has 1 aliphatic heterocycles. The Labute approximate surface area is 83.1 Å². The maximum absolute atomic E-state index is 5.72. The monoisotopic (exact) mass is 191 g/mol. The third-order valence-electron chi connectivity index (χ3n) is 3.14. The van der Waals surface area contributed by atoms with Crippen LogP contribution in [0.15, 0.2) is 12.4 Å². The van der Waals surface area contributed by atoms with E-state index in [1.165, 1.54) is 11.1 Å². The summed E-state index contributed by atoms with van der Waals surface area (Å²) in [4.78, 5) is 4.21. The van der Waals surface area contributed by atoms with Crippen LogP contribution >= 0.6 is 0 Å². The molecular formula is C11H13NO2. The standard InChI is InChI=1S/C11H13NO2/c1-8-6-12-7-10-9(8)2-3-11(10)13-4-5-14-11/h6-7H,2-5H2,1H3. The minimum atomic E-state index is -0.450. The second-order valence-electron chi connectivity index (χ2n) is 3.93. The van der Waals surface area contributed by atoms with E-state index in [9.17, 15) is 0 Å². The van der Waals surface area contributed by atoms with Crippen molar-refractivity contribution >= 4 is 0 Å².